The van der Waals surface area contributed by atoms with Crippen molar-refractivity contribution in [3.8, 4) is 0 Å². The summed E-state index contributed by atoms with van der Waals surface area (Å²) in [4.78, 5) is 23.9. The molecule has 0 spiro atoms. The van der Waals surface area contributed by atoms with Gasteiger partial charge in [-0.3, -0.25) is 25.8 Å². The molecule has 1 aliphatic rings. The number of rotatable bonds is 7. The first-order chi connectivity index (χ1) is 12.6. The number of nitrogens with zero attached hydrogens (tertiary/aromatic N) is 1. The fraction of sp³-hybridized carbons (Fsp3) is 0.278. The van der Waals surface area contributed by atoms with E-state index in [1.54, 1.807) is 36.0 Å². The topological polar surface area (TPSA) is 93.5 Å². The van der Waals surface area contributed by atoms with Crippen molar-refractivity contribution in [2.75, 3.05) is 17.8 Å². The fourth-order valence-electron chi connectivity index (χ4n) is 2.67. The number of ether oxygens (including phenoxy) is 1. The van der Waals surface area contributed by atoms with E-state index in [-0.39, 0.29) is 23.4 Å². The van der Waals surface area contributed by atoms with Crippen LogP contribution in [0.2, 0.25) is 0 Å². The van der Waals surface area contributed by atoms with Crippen LogP contribution in [0.15, 0.2) is 53.4 Å². The number of carbonyl (C=O) groups is 1. The Kier molecular flexibility index (Phi) is 6.08. The molecule has 0 saturated carbocycles. The molecule has 0 unspecified atom stereocenters. The molecule has 136 valence electrons. The molecule has 1 heterocycles. The third-order valence-electron chi connectivity index (χ3n) is 3.99. The summed E-state index contributed by atoms with van der Waals surface area (Å²) in [6.07, 6.45) is 2.34. The summed E-state index contributed by atoms with van der Waals surface area (Å²) in [6, 6.07) is 13.4. The number of anilines is 1. The molecule has 1 saturated heterocycles. The van der Waals surface area contributed by atoms with Gasteiger partial charge in [-0.25, -0.2) is 0 Å². The zero-order chi connectivity index (χ0) is 18.4. The lowest BCUT2D eigenvalue weighted by Crippen LogP contribution is -2.30. The van der Waals surface area contributed by atoms with Gasteiger partial charge in [0, 0.05) is 23.3 Å². The van der Waals surface area contributed by atoms with Gasteiger partial charge < -0.3 is 4.74 Å². The van der Waals surface area contributed by atoms with Crippen LogP contribution in [0.4, 0.5) is 11.4 Å². The highest BCUT2D eigenvalue weighted by Gasteiger charge is 2.18. The van der Waals surface area contributed by atoms with Crippen LogP contribution in [0.1, 0.15) is 23.2 Å². The first kappa shape index (κ1) is 18.2. The molecule has 0 aromatic heterocycles. The van der Waals surface area contributed by atoms with E-state index in [1.807, 2.05) is 12.1 Å². The molecule has 7 nitrogen and oxygen atoms in total. The number of carbonyl (C=O) groups excluding carboxylic acids is 1. The summed E-state index contributed by atoms with van der Waals surface area (Å²) in [7, 11) is 0. The summed E-state index contributed by atoms with van der Waals surface area (Å²) in [5.74, 6) is 0.445. The lowest BCUT2D eigenvalue weighted by molar-refractivity contribution is -0.384. The van der Waals surface area contributed by atoms with Gasteiger partial charge in [-0.1, -0.05) is 24.3 Å². The van der Waals surface area contributed by atoms with Crippen LogP contribution in [-0.2, 0) is 4.74 Å². The zero-order valence-electron chi connectivity index (χ0n) is 14.0. The van der Waals surface area contributed by atoms with Gasteiger partial charge in [0.15, 0.2) is 0 Å². The smallest absolute Gasteiger partial charge is 0.294 e. The fourth-order valence-corrected chi connectivity index (χ4v) is 3.79. The highest BCUT2D eigenvalue weighted by molar-refractivity contribution is 7.99. The summed E-state index contributed by atoms with van der Waals surface area (Å²) in [5, 5.41) is 11.0. The first-order valence-electron chi connectivity index (χ1n) is 8.28. The van der Waals surface area contributed by atoms with Gasteiger partial charge in [-0.15, -0.1) is 11.8 Å². The third kappa shape index (κ3) is 4.53. The van der Waals surface area contributed by atoms with Crippen LogP contribution >= 0.6 is 11.8 Å². The number of thioether (sulfide) groups is 1. The second-order valence-electron chi connectivity index (χ2n) is 5.80. The van der Waals surface area contributed by atoms with Crippen molar-refractivity contribution in [1.82, 2.24) is 5.43 Å². The monoisotopic (exact) mass is 373 g/mol. The molecule has 1 fully saturated rings. The highest BCUT2D eigenvalue weighted by Crippen LogP contribution is 2.27. The van der Waals surface area contributed by atoms with Crippen LogP contribution in [0.25, 0.3) is 0 Å². The van der Waals surface area contributed by atoms with Crippen molar-refractivity contribution < 1.29 is 14.5 Å². The van der Waals surface area contributed by atoms with Gasteiger partial charge >= 0.3 is 0 Å². The Morgan fingerprint density at radius 2 is 2.00 bits per heavy atom. The SMILES string of the molecule is O=C(NNc1ccccc1[N+](=O)[O-])c1ccccc1SC[C@H]1CCCO1. The van der Waals surface area contributed by atoms with Crippen LogP contribution in [0.5, 0.6) is 0 Å². The van der Waals surface area contributed by atoms with Crippen molar-refractivity contribution in [2.24, 2.45) is 0 Å². The summed E-state index contributed by atoms with van der Waals surface area (Å²) in [6.45, 7) is 0.799. The predicted molar refractivity (Wildman–Crippen MR) is 100 cm³/mol. The quantitative estimate of drug-likeness (QED) is 0.437. The molecule has 2 N–H and O–H groups in total. The van der Waals surface area contributed by atoms with Crippen molar-refractivity contribution >= 4 is 29.0 Å². The minimum atomic E-state index is -0.500. The molecule has 2 aromatic carbocycles. The maximum atomic E-state index is 12.5. The second-order valence-corrected chi connectivity index (χ2v) is 6.86. The van der Waals surface area contributed by atoms with Crippen molar-refractivity contribution in [3.05, 3.63) is 64.2 Å². The minimum Gasteiger partial charge on any atom is -0.377 e. The number of hydrogen-bond acceptors (Lipinski definition) is 6. The van der Waals surface area contributed by atoms with E-state index in [1.165, 1.54) is 12.1 Å². The number of amides is 1. The number of para-hydroxylation sites is 2. The lowest BCUT2D eigenvalue weighted by Gasteiger charge is -2.13. The largest absolute Gasteiger partial charge is 0.377 e. The van der Waals surface area contributed by atoms with Crippen LogP contribution < -0.4 is 10.9 Å². The van der Waals surface area contributed by atoms with Crippen LogP contribution in [-0.4, -0.2) is 29.3 Å². The van der Waals surface area contributed by atoms with Gasteiger partial charge in [0.2, 0.25) is 0 Å². The molecule has 0 bridgehead atoms. The molecule has 0 radical (unpaired) electrons. The van der Waals surface area contributed by atoms with E-state index in [0.717, 1.165) is 30.1 Å². The first-order valence-corrected chi connectivity index (χ1v) is 9.27. The lowest BCUT2D eigenvalue weighted by atomic mass is 10.2. The molecule has 0 aliphatic carbocycles. The van der Waals surface area contributed by atoms with E-state index < -0.39 is 4.92 Å². The molecule has 1 amide bonds. The Labute approximate surface area is 155 Å². The van der Waals surface area contributed by atoms with Crippen molar-refractivity contribution in [2.45, 2.75) is 23.8 Å². The van der Waals surface area contributed by atoms with E-state index in [0.29, 0.717) is 5.56 Å². The van der Waals surface area contributed by atoms with E-state index in [9.17, 15) is 14.9 Å². The normalized spacial score (nSPS) is 16.2. The van der Waals surface area contributed by atoms with E-state index in [2.05, 4.69) is 10.9 Å². The van der Waals surface area contributed by atoms with Gasteiger partial charge in [0.05, 0.1) is 16.6 Å². The maximum Gasteiger partial charge on any atom is 0.294 e. The standard InChI is InChI=1S/C18H19N3O4S/c22-18(20-19-15-8-2-3-9-16(15)21(23)24)14-7-1-4-10-17(14)26-12-13-6-5-11-25-13/h1-4,7-10,13,19H,5-6,11-12H2,(H,20,22)/t13-/m1/s1. The average Bonchev–Trinajstić information content (AvgIpc) is 3.18. The van der Waals surface area contributed by atoms with Crippen LogP contribution in [0, 0.1) is 10.1 Å². The summed E-state index contributed by atoms with van der Waals surface area (Å²) < 4.78 is 5.62. The maximum absolute atomic E-state index is 12.5. The Balaban J connectivity index is 1.65. The molecular weight excluding hydrogens is 354 g/mol. The Morgan fingerprint density at radius 1 is 1.23 bits per heavy atom. The average molecular weight is 373 g/mol. The Hall–Kier alpha value is -2.58. The third-order valence-corrected chi connectivity index (χ3v) is 5.20. The molecule has 1 atom stereocenters. The number of hydrogen-bond donors (Lipinski definition) is 2. The van der Waals surface area contributed by atoms with Crippen molar-refractivity contribution in [1.29, 1.82) is 0 Å². The zero-order valence-corrected chi connectivity index (χ0v) is 14.8. The number of nitro benzene ring substituents is 1. The minimum absolute atomic E-state index is 0.103. The van der Waals surface area contributed by atoms with Crippen LogP contribution in [0.3, 0.4) is 0 Å². The van der Waals surface area contributed by atoms with E-state index >= 15 is 0 Å². The molecule has 8 heteroatoms. The number of nitrogens with one attached hydrogen (secondary N) is 2. The van der Waals surface area contributed by atoms with Gasteiger partial charge in [-0.05, 0) is 31.0 Å². The summed E-state index contributed by atoms with van der Waals surface area (Å²) in [5.41, 5.74) is 5.83. The second kappa shape index (κ2) is 8.68. The van der Waals surface area contributed by atoms with Crippen molar-refractivity contribution in [3.63, 3.8) is 0 Å². The number of nitro groups is 1. The highest BCUT2D eigenvalue weighted by atomic mass is 32.2. The predicted octanol–water partition coefficient (Wildman–Crippen LogP) is 3.62. The Morgan fingerprint density at radius 3 is 2.77 bits per heavy atom. The number of hydrazine groups is 1. The molecular formula is C18H19N3O4S. The van der Waals surface area contributed by atoms with E-state index in [4.69, 9.17) is 4.74 Å². The molecule has 26 heavy (non-hydrogen) atoms. The molecule has 1 aliphatic heterocycles. The van der Waals surface area contributed by atoms with Gasteiger partial charge in [0.25, 0.3) is 11.6 Å². The number of benzene rings is 2. The van der Waals surface area contributed by atoms with Gasteiger partial charge in [0.1, 0.15) is 5.69 Å². The summed E-state index contributed by atoms with van der Waals surface area (Å²) >= 11 is 1.58. The molecule has 3 rings (SSSR count). The molecule has 2 aromatic rings. The Bertz CT molecular complexity index is 794. The van der Waals surface area contributed by atoms with Gasteiger partial charge in [-0.2, -0.15) is 0 Å².